The van der Waals surface area contributed by atoms with E-state index < -0.39 is 0 Å². The molecule has 2 aliphatic rings. The summed E-state index contributed by atoms with van der Waals surface area (Å²) in [5, 5.41) is 3.67. The van der Waals surface area contributed by atoms with E-state index in [1.807, 2.05) is 0 Å². The van der Waals surface area contributed by atoms with Gasteiger partial charge in [-0.3, -0.25) is 0 Å². The molecule has 0 aliphatic carbocycles. The molecule has 0 aromatic heterocycles. The van der Waals surface area contributed by atoms with Crippen molar-refractivity contribution in [2.45, 2.75) is 57.5 Å². The molecule has 2 heterocycles. The van der Waals surface area contributed by atoms with Crippen LogP contribution in [0.1, 0.15) is 45.4 Å². The van der Waals surface area contributed by atoms with Crippen LogP contribution in [0, 0.1) is 0 Å². The Labute approximate surface area is 113 Å². The summed E-state index contributed by atoms with van der Waals surface area (Å²) in [5.41, 5.74) is 0. The average Bonchev–Trinajstić information content (AvgIpc) is 2.36. The molecule has 0 amide bonds. The Kier molecular flexibility index (Phi) is 5.93. The molecule has 0 spiro atoms. The molecule has 2 rings (SSSR count). The predicted molar refractivity (Wildman–Crippen MR) is 78.0 cm³/mol. The third kappa shape index (κ3) is 4.22. The van der Waals surface area contributed by atoms with Crippen molar-refractivity contribution in [1.29, 1.82) is 0 Å². The number of piperidine rings is 1. The van der Waals surface area contributed by atoms with Crippen LogP contribution in [0.15, 0.2) is 0 Å². The molecular weight excluding hydrogens is 222 g/mol. The van der Waals surface area contributed by atoms with E-state index in [0.717, 1.165) is 12.1 Å². The van der Waals surface area contributed by atoms with E-state index in [-0.39, 0.29) is 0 Å². The zero-order valence-electron chi connectivity index (χ0n) is 12.3. The topological polar surface area (TPSA) is 18.5 Å². The Morgan fingerprint density at radius 3 is 2.72 bits per heavy atom. The molecule has 1 N–H and O–H groups in total. The average molecular weight is 253 g/mol. The molecule has 0 aromatic rings. The lowest BCUT2D eigenvalue weighted by Gasteiger charge is -2.37. The SMILES string of the molecule is CCC1CCN(CC2CCCCN2C)CCCN1. The normalized spacial score (nSPS) is 33.0. The van der Waals surface area contributed by atoms with Gasteiger partial charge in [0.2, 0.25) is 0 Å². The molecule has 2 saturated heterocycles. The van der Waals surface area contributed by atoms with Crippen molar-refractivity contribution in [3.05, 3.63) is 0 Å². The summed E-state index contributed by atoms with van der Waals surface area (Å²) in [5.74, 6) is 0. The maximum Gasteiger partial charge on any atom is 0.0220 e. The van der Waals surface area contributed by atoms with Crippen LogP contribution in [-0.4, -0.2) is 61.7 Å². The van der Waals surface area contributed by atoms with Crippen LogP contribution in [0.3, 0.4) is 0 Å². The first-order valence-electron chi connectivity index (χ1n) is 7.95. The van der Waals surface area contributed by atoms with Crippen LogP contribution in [0.25, 0.3) is 0 Å². The standard InChI is InChI=1S/C15H31N3/c1-3-14-8-12-18(11-6-9-16-14)13-15-7-4-5-10-17(15)2/h14-16H,3-13H2,1-2H3. The lowest BCUT2D eigenvalue weighted by atomic mass is 10.0. The molecule has 2 atom stereocenters. The first-order valence-corrected chi connectivity index (χ1v) is 7.95. The lowest BCUT2D eigenvalue weighted by molar-refractivity contribution is 0.120. The fraction of sp³-hybridized carbons (Fsp3) is 1.00. The summed E-state index contributed by atoms with van der Waals surface area (Å²) in [6.07, 6.45) is 8.15. The van der Waals surface area contributed by atoms with Gasteiger partial charge in [0.25, 0.3) is 0 Å². The highest BCUT2D eigenvalue weighted by Crippen LogP contribution is 2.17. The number of likely N-dealkylation sites (N-methyl/N-ethyl adjacent to an activating group) is 1. The van der Waals surface area contributed by atoms with E-state index in [1.54, 1.807) is 0 Å². The molecule has 0 aromatic carbocycles. The van der Waals surface area contributed by atoms with Gasteiger partial charge in [-0.15, -0.1) is 0 Å². The summed E-state index contributed by atoms with van der Waals surface area (Å²) in [6, 6.07) is 1.56. The molecule has 106 valence electrons. The number of hydrogen-bond acceptors (Lipinski definition) is 3. The quantitative estimate of drug-likeness (QED) is 0.829. The van der Waals surface area contributed by atoms with E-state index in [4.69, 9.17) is 0 Å². The second-order valence-electron chi connectivity index (χ2n) is 6.13. The molecule has 3 nitrogen and oxygen atoms in total. The van der Waals surface area contributed by atoms with Gasteiger partial charge in [0.1, 0.15) is 0 Å². The van der Waals surface area contributed by atoms with Gasteiger partial charge < -0.3 is 15.1 Å². The smallest absolute Gasteiger partial charge is 0.0220 e. The Bertz CT molecular complexity index is 232. The number of nitrogens with one attached hydrogen (secondary N) is 1. The van der Waals surface area contributed by atoms with Crippen molar-refractivity contribution in [3.8, 4) is 0 Å². The third-order valence-electron chi connectivity index (χ3n) is 4.76. The molecule has 18 heavy (non-hydrogen) atoms. The van der Waals surface area contributed by atoms with Crippen molar-refractivity contribution in [3.63, 3.8) is 0 Å². The van der Waals surface area contributed by atoms with Gasteiger partial charge in [0, 0.05) is 18.6 Å². The number of likely N-dealkylation sites (tertiary alicyclic amines) is 1. The van der Waals surface area contributed by atoms with Gasteiger partial charge in [-0.25, -0.2) is 0 Å². The highest BCUT2D eigenvalue weighted by molar-refractivity contribution is 4.80. The Hall–Kier alpha value is -0.120. The molecule has 2 aliphatic heterocycles. The van der Waals surface area contributed by atoms with Crippen LogP contribution in [-0.2, 0) is 0 Å². The van der Waals surface area contributed by atoms with Crippen LogP contribution in [0.5, 0.6) is 0 Å². The van der Waals surface area contributed by atoms with E-state index in [9.17, 15) is 0 Å². The maximum atomic E-state index is 3.67. The van der Waals surface area contributed by atoms with E-state index in [1.165, 1.54) is 71.2 Å². The second-order valence-corrected chi connectivity index (χ2v) is 6.13. The molecule has 3 heteroatoms. The molecular formula is C15H31N3. The zero-order valence-corrected chi connectivity index (χ0v) is 12.3. The Morgan fingerprint density at radius 1 is 1.06 bits per heavy atom. The van der Waals surface area contributed by atoms with E-state index in [0.29, 0.717) is 0 Å². The number of hydrogen-bond donors (Lipinski definition) is 1. The highest BCUT2D eigenvalue weighted by atomic mass is 15.2. The molecule has 2 fully saturated rings. The minimum absolute atomic E-state index is 0.747. The minimum Gasteiger partial charge on any atom is -0.314 e. The predicted octanol–water partition coefficient (Wildman–Crippen LogP) is 1.93. The third-order valence-corrected chi connectivity index (χ3v) is 4.76. The molecule has 0 bridgehead atoms. The first kappa shape index (κ1) is 14.3. The first-order chi connectivity index (χ1) is 8.79. The number of rotatable bonds is 3. The van der Waals surface area contributed by atoms with Crippen molar-refractivity contribution in [2.75, 3.05) is 39.8 Å². The minimum atomic E-state index is 0.747. The second kappa shape index (κ2) is 7.46. The van der Waals surface area contributed by atoms with Gasteiger partial charge in [-0.05, 0) is 65.3 Å². The van der Waals surface area contributed by atoms with Gasteiger partial charge in [-0.2, -0.15) is 0 Å². The van der Waals surface area contributed by atoms with Crippen molar-refractivity contribution < 1.29 is 0 Å². The van der Waals surface area contributed by atoms with Gasteiger partial charge >= 0.3 is 0 Å². The highest BCUT2D eigenvalue weighted by Gasteiger charge is 2.22. The van der Waals surface area contributed by atoms with Crippen molar-refractivity contribution in [1.82, 2.24) is 15.1 Å². The largest absolute Gasteiger partial charge is 0.314 e. The Morgan fingerprint density at radius 2 is 1.94 bits per heavy atom. The van der Waals surface area contributed by atoms with Gasteiger partial charge in [-0.1, -0.05) is 13.3 Å². The fourth-order valence-electron chi connectivity index (χ4n) is 3.37. The summed E-state index contributed by atoms with van der Waals surface area (Å²) >= 11 is 0. The molecule has 0 radical (unpaired) electrons. The van der Waals surface area contributed by atoms with E-state index >= 15 is 0 Å². The van der Waals surface area contributed by atoms with Crippen LogP contribution in [0.2, 0.25) is 0 Å². The van der Waals surface area contributed by atoms with Gasteiger partial charge in [0.15, 0.2) is 0 Å². The lowest BCUT2D eigenvalue weighted by Crippen LogP contribution is -2.47. The monoisotopic (exact) mass is 253 g/mol. The zero-order chi connectivity index (χ0) is 12.8. The van der Waals surface area contributed by atoms with E-state index in [2.05, 4.69) is 29.1 Å². The fourth-order valence-corrected chi connectivity index (χ4v) is 3.37. The number of nitrogens with zero attached hydrogens (tertiary/aromatic N) is 2. The Balaban J connectivity index is 1.79. The van der Waals surface area contributed by atoms with Crippen LogP contribution in [0.4, 0.5) is 0 Å². The summed E-state index contributed by atoms with van der Waals surface area (Å²) < 4.78 is 0. The van der Waals surface area contributed by atoms with Crippen molar-refractivity contribution in [2.24, 2.45) is 0 Å². The van der Waals surface area contributed by atoms with Crippen molar-refractivity contribution >= 4 is 0 Å². The molecule has 0 saturated carbocycles. The maximum absolute atomic E-state index is 3.67. The summed E-state index contributed by atoms with van der Waals surface area (Å²) in [6.45, 7) is 8.68. The van der Waals surface area contributed by atoms with Crippen LogP contribution < -0.4 is 5.32 Å². The van der Waals surface area contributed by atoms with Gasteiger partial charge in [0.05, 0.1) is 0 Å². The molecule has 2 unspecified atom stereocenters. The summed E-state index contributed by atoms with van der Waals surface area (Å²) in [7, 11) is 2.31. The van der Waals surface area contributed by atoms with Crippen LogP contribution >= 0.6 is 0 Å². The summed E-state index contributed by atoms with van der Waals surface area (Å²) in [4.78, 5) is 5.30.